The van der Waals surface area contributed by atoms with Gasteiger partial charge in [0.2, 0.25) is 0 Å². The second-order valence-electron chi connectivity index (χ2n) is 2.82. The third kappa shape index (κ3) is 1.17. The van der Waals surface area contributed by atoms with Crippen molar-refractivity contribution in [3.8, 4) is 0 Å². The molecule has 3 nitrogen and oxygen atoms in total. The van der Waals surface area contributed by atoms with Gasteiger partial charge in [-0.05, 0) is 13.0 Å². The van der Waals surface area contributed by atoms with Crippen LogP contribution >= 0.6 is 0 Å². The molecule has 2 atom stereocenters. The van der Waals surface area contributed by atoms with Crippen LogP contribution in [0.15, 0.2) is 0 Å². The average Bonchev–Trinajstić information content (AvgIpc) is 1.89. The molecule has 2 unspecified atom stereocenters. The third-order valence-electron chi connectivity index (χ3n) is 2.11. The first-order valence-corrected chi connectivity index (χ1v) is 3.91. The van der Waals surface area contributed by atoms with E-state index in [1.807, 2.05) is 0 Å². The van der Waals surface area contributed by atoms with Gasteiger partial charge >= 0.3 is 0 Å². The predicted molar refractivity (Wildman–Crippen MR) is 37.0 cm³/mol. The second-order valence-corrected chi connectivity index (χ2v) is 2.82. The number of hydrogen-bond donors (Lipinski definition) is 1. The van der Waals surface area contributed by atoms with Crippen molar-refractivity contribution in [3.63, 3.8) is 0 Å². The molecule has 0 aromatic heterocycles. The van der Waals surface area contributed by atoms with E-state index in [1.165, 1.54) is 0 Å². The van der Waals surface area contributed by atoms with Crippen LogP contribution < -0.4 is 5.32 Å². The van der Waals surface area contributed by atoms with Crippen molar-refractivity contribution in [1.29, 1.82) is 0 Å². The maximum Gasteiger partial charge on any atom is 0.107 e. The van der Waals surface area contributed by atoms with E-state index < -0.39 is 0 Å². The molecule has 1 N–H and O–H groups in total. The lowest BCUT2D eigenvalue weighted by molar-refractivity contribution is -0.192. The lowest BCUT2D eigenvalue weighted by Crippen LogP contribution is -2.50. The molecular formula is C7H13NO2. The fraction of sp³-hybridized carbons (Fsp3) is 1.00. The summed E-state index contributed by atoms with van der Waals surface area (Å²) < 4.78 is 10.8. The van der Waals surface area contributed by atoms with Gasteiger partial charge in [0.25, 0.3) is 0 Å². The van der Waals surface area contributed by atoms with Gasteiger partial charge in [-0.1, -0.05) is 0 Å². The van der Waals surface area contributed by atoms with Crippen LogP contribution in [0, 0.1) is 0 Å². The monoisotopic (exact) mass is 143 g/mol. The molecule has 2 fully saturated rings. The van der Waals surface area contributed by atoms with E-state index in [0.29, 0.717) is 12.2 Å². The van der Waals surface area contributed by atoms with Gasteiger partial charge in [0.15, 0.2) is 0 Å². The Bertz CT molecular complexity index is 104. The van der Waals surface area contributed by atoms with Crippen LogP contribution in [0.3, 0.4) is 0 Å². The van der Waals surface area contributed by atoms with Crippen molar-refractivity contribution in [2.45, 2.75) is 18.6 Å². The van der Waals surface area contributed by atoms with Gasteiger partial charge in [0.05, 0.1) is 19.3 Å². The molecule has 2 rings (SSSR count). The highest BCUT2D eigenvalue weighted by Crippen LogP contribution is 2.19. The van der Waals surface area contributed by atoms with Gasteiger partial charge in [-0.2, -0.15) is 0 Å². The molecule has 2 aliphatic rings. The average molecular weight is 143 g/mol. The summed E-state index contributed by atoms with van der Waals surface area (Å²) in [6, 6.07) is 0. The minimum absolute atomic E-state index is 0.382. The first-order valence-electron chi connectivity index (χ1n) is 3.91. The maximum atomic E-state index is 5.49. The molecule has 0 bridgehead atoms. The first kappa shape index (κ1) is 6.58. The highest BCUT2D eigenvalue weighted by Gasteiger charge is 2.32. The zero-order chi connectivity index (χ0) is 6.81. The number of rotatable bonds is 0. The van der Waals surface area contributed by atoms with Crippen LogP contribution in [0.5, 0.6) is 0 Å². The first-order chi connectivity index (χ1) is 4.97. The molecule has 0 aliphatic carbocycles. The summed E-state index contributed by atoms with van der Waals surface area (Å²) in [4.78, 5) is 0. The molecule has 0 saturated carbocycles. The number of nitrogens with one attached hydrogen (secondary N) is 1. The molecule has 0 spiro atoms. The summed E-state index contributed by atoms with van der Waals surface area (Å²) in [6.07, 6.45) is 1.89. The zero-order valence-electron chi connectivity index (χ0n) is 6.01. The van der Waals surface area contributed by atoms with E-state index in [0.717, 1.165) is 32.7 Å². The lowest BCUT2D eigenvalue weighted by atomic mass is 10.1. The summed E-state index contributed by atoms with van der Waals surface area (Å²) >= 11 is 0. The molecule has 3 heteroatoms. The molecule has 0 aromatic rings. The Morgan fingerprint density at radius 1 is 1.10 bits per heavy atom. The molecule has 0 radical (unpaired) electrons. The standard InChI is InChI=1S/C7H13NO2/c1-2-8-3-4-9-7-5-10-6(1)7/h6-8H,1-5H2. The lowest BCUT2D eigenvalue weighted by Gasteiger charge is -2.38. The van der Waals surface area contributed by atoms with E-state index in [2.05, 4.69) is 5.32 Å². The van der Waals surface area contributed by atoms with Gasteiger partial charge in [-0.3, -0.25) is 0 Å². The molecule has 0 amide bonds. The molecule has 2 aliphatic heterocycles. The van der Waals surface area contributed by atoms with Gasteiger partial charge in [0, 0.05) is 6.54 Å². The Kier molecular flexibility index (Phi) is 1.88. The topological polar surface area (TPSA) is 30.5 Å². The Labute approximate surface area is 60.7 Å². The Hall–Kier alpha value is -0.120. The van der Waals surface area contributed by atoms with E-state index in [4.69, 9.17) is 9.47 Å². The van der Waals surface area contributed by atoms with Crippen molar-refractivity contribution in [1.82, 2.24) is 5.32 Å². The molecule has 2 heterocycles. The second kappa shape index (κ2) is 2.86. The summed E-state index contributed by atoms with van der Waals surface area (Å²) in [6.45, 7) is 3.71. The van der Waals surface area contributed by atoms with Crippen LogP contribution in [0.25, 0.3) is 0 Å². The smallest absolute Gasteiger partial charge is 0.107 e. The third-order valence-corrected chi connectivity index (χ3v) is 2.11. The minimum Gasteiger partial charge on any atom is -0.373 e. The predicted octanol–water partition coefficient (Wildman–Crippen LogP) is -0.236. The van der Waals surface area contributed by atoms with Crippen molar-refractivity contribution in [2.75, 3.05) is 26.3 Å². The van der Waals surface area contributed by atoms with E-state index in [1.54, 1.807) is 0 Å². The van der Waals surface area contributed by atoms with Crippen molar-refractivity contribution < 1.29 is 9.47 Å². The minimum atomic E-state index is 0.382. The maximum absolute atomic E-state index is 5.49. The summed E-state index contributed by atoms with van der Waals surface area (Å²) in [7, 11) is 0. The number of ether oxygens (including phenoxy) is 2. The highest BCUT2D eigenvalue weighted by molar-refractivity contribution is 4.81. The Morgan fingerprint density at radius 3 is 2.90 bits per heavy atom. The Balaban J connectivity index is 1.83. The van der Waals surface area contributed by atoms with E-state index in [9.17, 15) is 0 Å². The SMILES string of the molecule is C1COC2COC2CCN1. The number of fused-ring (bicyclic) bond motifs is 1. The van der Waals surface area contributed by atoms with Crippen LogP contribution in [-0.2, 0) is 9.47 Å². The molecule has 0 aromatic carbocycles. The van der Waals surface area contributed by atoms with E-state index in [-0.39, 0.29) is 0 Å². The molecule has 58 valence electrons. The normalized spacial score (nSPS) is 40.8. The van der Waals surface area contributed by atoms with Crippen LogP contribution in [0.4, 0.5) is 0 Å². The highest BCUT2D eigenvalue weighted by atomic mass is 16.6. The van der Waals surface area contributed by atoms with Crippen molar-refractivity contribution in [3.05, 3.63) is 0 Å². The Morgan fingerprint density at radius 2 is 2.10 bits per heavy atom. The molecule has 10 heavy (non-hydrogen) atoms. The van der Waals surface area contributed by atoms with Crippen molar-refractivity contribution in [2.24, 2.45) is 0 Å². The number of hydrogen-bond acceptors (Lipinski definition) is 3. The fourth-order valence-electron chi connectivity index (χ4n) is 1.39. The summed E-state index contributed by atoms with van der Waals surface area (Å²) in [5, 5.41) is 3.27. The molecule has 2 saturated heterocycles. The quantitative estimate of drug-likeness (QED) is 0.508. The summed E-state index contributed by atoms with van der Waals surface area (Å²) in [5.41, 5.74) is 0. The van der Waals surface area contributed by atoms with Crippen molar-refractivity contribution >= 4 is 0 Å². The van der Waals surface area contributed by atoms with Crippen LogP contribution in [-0.4, -0.2) is 38.5 Å². The van der Waals surface area contributed by atoms with Gasteiger partial charge in [-0.15, -0.1) is 0 Å². The molecular weight excluding hydrogens is 130 g/mol. The summed E-state index contributed by atoms with van der Waals surface area (Å²) in [5.74, 6) is 0. The van der Waals surface area contributed by atoms with Gasteiger partial charge < -0.3 is 14.8 Å². The fourth-order valence-corrected chi connectivity index (χ4v) is 1.39. The van der Waals surface area contributed by atoms with Crippen LogP contribution in [0.2, 0.25) is 0 Å². The zero-order valence-corrected chi connectivity index (χ0v) is 6.01. The van der Waals surface area contributed by atoms with Gasteiger partial charge in [-0.25, -0.2) is 0 Å². The van der Waals surface area contributed by atoms with Gasteiger partial charge in [0.1, 0.15) is 6.10 Å². The van der Waals surface area contributed by atoms with E-state index >= 15 is 0 Å². The largest absolute Gasteiger partial charge is 0.373 e. The van der Waals surface area contributed by atoms with Crippen LogP contribution in [0.1, 0.15) is 6.42 Å².